The first kappa shape index (κ1) is 28.5. The first-order valence-electron chi connectivity index (χ1n) is 14.0. The lowest BCUT2D eigenvalue weighted by Gasteiger charge is -2.33. The summed E-state index contributed by atoms with van der Waals surface area (Å²) in [5.41, 5.74) is 5.50. The minimum atomic E-state index is -3.67. The maximum atomic E-state index is 11.7. The van der Waals surface area contributed by atoms with E-state index >= 15 is 0 Å². The third kappa shape index (κ3) is 5.45. The number of hydrogen-bond donors (Lipinski definition) is 1. The van der Waals surface area contributed by atoms with E-state index in [1.165, 1.54) is 5.56 Å². The highest BCUT2D eigenvalue weighted by atomic mass is 32.2. The van der Waals surface area contributed by atoms with Crippen LogP contribution in [-0.2, 0) is 38.3 Å². The zero-order valence-corrected chi connectivity index (χ0v) is 25.0. The van der Waals surface area contributed by atoms with Crippen LogP contribution in [0.1, 0.15) is 49.6 Å². The molecule has 6 rings (SSSR count). The molecule has 0 amide bonds. The second-order valence-corrected chi connectivity index (χ2v) is 13.2. The Hall–Kier alpha value is -3.64. The lowest BCUT2D eigenvalue weighted by molar-refractivity contribution is 0.0552. The quantitative estimate of drug-likeness (QED) is 0.259. The molecule has 220 valence electrons. The number of nitrogens with zero attached hydrogens (tertiary/aromatic N) is 5. The van der Waals surface area contributed by atoms with Crippen molar-refractivity contribution in [1.82, 2.24) is 24.5 Å². The van der Waals surface area contributed by atoms with E-state index in [2.05, 4.69) is 51.3 Å². The van der Waals surface area contributed by atoms with E-state index in [0.717, 1.165) is 52.2 Å². The molecule has 11 heteroatoms. The summed E-state index contributed by atoms with van der Waals surface area (Å²) in [4.78, 5) is 4.95. The van der Waals surface area contributed by atoms with Crippen LogP contribution in [0.3, 0.4) is 0 Å². The largest absolute Gasteiger partial charge is 0.386 e. The second kappa shape index (κ2) is 10.9. The van der Waals surface area contributed by atoms with E-state index in [-0.39, 0.29) is 12.6 Å². The van der Waals surface area contributed by atoms with Gasteiger partial charge in [0.15, 0.2) is 0 Å². The van der Waals surface area contributed by atoms with Crippen LogP contribution >= 0.6 is 0 Å². The third-order valence-corrected chi connectivity index (χ3v) is 8.60. The van der Waals surface area contributed by atoms with Crippen LogP contribution in [-0.4, -0.2) is 57.5 Å². The lowest BCUT2D eigenvalue weighted by atomic mass is 9.86. The topological polar surface area (TPSA) is 121 Å². The van der Waals surface area contributed by atoms with Crippen molar-refractivity contribution in [2.24, 2.45) is 13.0 Å². The van der Waals surface area contributed by atoms with Gasteiger partial charge in [0.05, 0.1) is 40.1 Å². The Labute approximate surface area is 245 Å². The number of ether oxygens (including phenoxy) is 1. The molecule has 0 unspecified atom stereocenters. The van der Waals surface area contributed by atoms with Gasteiger partial charge in [-0.1, -0.05) is 47.7 Å². The van der Waals surface area contributed by atoms with Crippen LogP contribution in [0.15, 0.2) is 60.8 Å². The highest BCUT2D eigenvalue weighted by molar-refractivity contribution is 7.85. The molecule has 1 atom stereocenters. The molecule has 0 radical (unpaired) electrons. The lowest BCUT2D eigenvalue weighted by Crippen LogP contribution is -2.27. The van der Waals surface area contributed by atoms with Crippen LogP contribution in [0.4, 0.5) is 0 Å². The van der Waals surface area contributed by atoms with Gasteiger partial charge in [0.1, 0.15) is 12.3 Å². The first-order chi connectivity index (χ1) is 20.0. The van der Waals surface area contributed by atoms with Crippen molar-refractivity contribution >= 4 is 32.1 Å². The maximum absolute atomic E-state index is 11.7. The van der Waals surface area contributed by atoms with Crippen molar-refractivity contribution in [2.45, 2.75) is 44.9 Å². The minimum absolute atomic E-state index is 0.0121. The number of aryl methyl sites for hydroxylation is 1. The van der Waals surface area contributed by atoms with E-state index in [0.29, 0.717) is 30.5 Å². The number of fused-ring (bicyclic) bond motifs is 3. The summed E-state index contributed by atoms with van der Waals surface area (Å²) in [6.07, 6.45) is 4.61. The van der Waals surface area contributed by atoms with Gasteiger partial charge >= 0.3 is 0 Å². The minimum Gasteiger partial charge on any atom is -0.386 e. The number of aliphatic hydroxyl groups is 1. The van der Waals surface area contributed by atoms with E-state index < -0.39 is 15.7 Å². The molecule has 5 aromatic rings. The van der Waals surface area contributed by atoms with Crippen molar-refractivity contribution < 1.29 is 22.4 Å². The molecule has 3 aromatic heterocycles. The van der Waals surface area contributed by atoms with E-state index in [1.54, 1.807) is 31.8 Å². The average Bonchev–Trinajstić information content (AvgIpc) is 3.49. The Kier molecular flexibility index (Phi) is 7.38. The zero-order valence-electron chi connectivity index (χ0n) is 24.2. The molecule has 1 aliphatic heterocycles. The number of aromatic nitrogens is 5. The summed E-state index contributed by atoms with van der Waals surface area (Å²) in [5, 5.41) is 20.3. The number of pyridine rings is 1. The van der Waals surface area contributed by atoms with Gasteiger partial charge in [0.25, 0.3) is 10.1 Å². The molecule has 2 aromatic carbocycles. The maximum Gasteiger partial charge on any atom is 0.264 e. The van der Waals surface area contributed by atoms with E-state index in [1.807, 2.05) is 18.2 Å². The van der Waals surface area contributed by atoms with Gasteiger partial charge in [-0.15, -0.1) is 5.10 Å². The second-order valence-electron chi connectivity index (χ2n) is 11.5. The van der Waals surface area contributed by atoms with Crippen molar-refractivity contribution in [1.29, 1.82) is 0 Å². The SMILES string of the molecule is Cn1nnc(COS(C)(=O)=O)c1-c1cnc2c3ccc(C(C)(C)O)cc3n([C@H](c3ccccc3)C3CCOCC3)c2c1. The summed E-state index contributed by atoms with van der Waals surface area (Å²) in [7, 11) is -1.91. The van der Waals surface area contributed by atoms with Crippen molar-refractivity contribution in [3.8, 4) is 11.3 Å². The van der Waals surface area contributed by atoms with Crippen molar-refractivity contribution in [3.63, 3.8) is 0 Å². The predicted molar refractivity (Wildman–Crippen MR) is 160 cm³/mol. The molecule has 0 aliphatic carbocycles. The fourth-order valence-corrected chi connectivity index (χ4v) is 6.37. The Bertz CT molecular complexity index is 1850. The molecule has 0 spiro atoms. The zero-order chi connectivity index (χ0) is 29.6. The Morgan fingerprint density at radius 3 is 2.52 bits per heavy atom. The van der Waals surface area contributed by atoms with Gasteiger partial charge in [0, 0.05) is 37.4 Å². The third-order valence-electron chi connectivity index (χ3n) is 8.06. The highest BCUT2D eigenvalue weighted by Crippen LogP contribution is 2.42. The summed E-state index contributed by atoms with van der Waals surface area (Å²) in [6, 6.07) is 18.6. The monoisotopic (exact) mass is 589 g/mol. The first-order valence-corrected chi connectivity index (χ1v) is 15.9. The Morgan fingerprint density at radius 2 is 1.83 bits per heavy atom. The van der Waals surface area contributed by atoms with Gasteiger partial charge in [-0.2, -0.15) is 8.42 Å². The number of benzene rings is 2. The van der Waals surface area contributed by atoms with Crippen molar-refractivity contribution in [3.05, 3.63) is 77.6 Å². The fourth-order valence-electron chi connectivity index (χ4n) is 6.04. The van der Waals surface area contributed by atoms with E-state index in [9.17, 15) is 13.5 Å². The summed E-state index contributed by atoms with van der Waals surface area (Å²) < 4.78 is 38.2. The Morgan fingerprint density at radius 1 is 1.10 bits per heavy atom. The van der Waals surface area contributed by atoms with Gasteiger partial charge in [-0.25, -0.2) is 4.68 Å². The van der Waals surface area contributed by atoms with Crippen LogP contribution in [0, 0.1) is 5.92 Å². The standard InChI is InChI=1S/C31H35N5O5S/c1-31(2,37)23-10-11-24-26(17-23)36(29(20-8-6-5-7-9-20)21-12-14-40-15-13-21)27-16-22(18-32-28(24)27)30-25(33-34-35(30)3)19-41-42(4,38)39/h5-11,16-18,21,29,37H,12-15,19H2,1-4H3/t29-/m1/s1. The molecule has 1 fully saturated rings. The fraction of sp³-hybridized carbons (Fsp3) is 0.387. The average molecular weight is 590 g/mol. The number of hydrogen-bond acceptors (Lipinski definition) is 8. The van der Waals surface area contributed by atoms with Crippen LogP contribution in [0.25, 0.3) is 33.2 Å². The molecule has 42 heavy (non-hydrogen) atoms. The molecular formula is C31H35N5O5S. The van der Waals surface area contributed by atoms with Crippen LogP contribution < -0.4 is 0 Å². The molecule has 10 nitrogen and oxygen atoms in total. The van der Waals surface area contributed by atoms with Gasteiger partial charge < -0.3 is 14.4 Å². The van der Waals surface area contributed by atoms with E-state index in [4.69, 9.17) is 13.9 Å². The summed E-state index contributed by atoms with van der Waals surface area (Å²) in [6.45, 7) is 4.76. The van der Waals surface area contributed by atoms with Gasteiger partial charge in [-0.3, -0.25) is 9.17 Å². The van der Waals surface area contributed by atoms with Gasteiger partial charge in [0.2, 0.25) is 0 Å². The molecule has 1 N–H and O–H groups in total. The normalized spacial score (nSPS) is 15.9. The predicted octanol–water partition coefficient (Wildman–Crippen LogP) is 4.70. The van der Waals surface area contributed by atoms with Gasteiger partial charge in [-0.05, 0) is 55.9 Å². The van der Waals surface area contributed by atoms with Crippen molar-refractivity contribution in [2.75, 3.05) is 19.5 Å². The molecule has 0 saturated carbocycles. The summed E-state index contributed by atoms with van der Waals surface area (Å²) in [5.74, 6) is 0.312. The Balaban J connectivity index is 1.63. The smallest absolute Gasteiger partial charge is 0.264 e. The highest BCUT2D eigenvalue weighted by Gasteiger charge is 2.31. The molecule has 1 saturated heterocycles. The van der Waals surface area contributed by atoms with Crippen LogP contribution in [0.5, 0.6) is 0 Å². The summed E-state index contributed by atoms with van der Waals surface area (Å²) >= 11 is 0. The molecule has 0 bridgehead atoms. The van der Waals surface area contributed by atoms with Crippen LogP contribution in [0.2, 0.25) is 0 Å². The molecule has 4 heterocycles. The molecule has 1 aliphatic rings. The number of rotatable bonds is 8. The molecular weight excluding hydrogens is 554 g/mol.